The van der Waals surface area contributed by atoms with Gasteiger partial charge in [0.25, 0.3) is 0 Å². The van der Waals surface area contributed by atoms with Gasteiger partial charge in [0.05, 0.1) is 24.2 Å². The Balaban J connectivity index is 2.02. The van der Waals surface area contributed by atoms with Gasteiger partial charge in [-0.05, 0) is 69.4 Å². The van der Waals surface area contributed by atoms with Crippen molar-refractivity contribution in [2.24, 2.45) is 5.92 Å². The van der Waals surface area contributed by atoms with Crippen LogP contribution < -0.4 is 0 Å². The quantitative estimate of drug-likeness (QED) is 0.481. The molecule has 0 radical (unpaired) electrons. The summed E-state index contributed by atoms with van der Waals surface area (Å²) in [6.45, 7) is 9.24. The molecule has 0 amide bonds. The average Bonchev–Trinajstić information content (AvgIpc) is 2.93. The molecule has 0 spiro atoms. The second kappa shape index (κ2) is 8.96. The number of allylic oxidation sites excluding steroid dienone is 4. The van der Waals surface area contributed by atoms with Crippen molar-refractivity contribution < 1.29 is 13.6 Å². The molecule has 1 aliphatic carbocycles. The maximum Gasteiger partial charge on any atom is 0.338 e. The Hall–Kier alpha value is -1.39. The zero-order valence-electron chi connectivity index (χ0n) is 16.9. The van der Waals surface area contributed by atoms with Crippen LogP contribution >= 0.6 is 19.2 Å². The summed E-state index contributed by atoms with van der Waals surface area (Å²) in [7, 11) is -3.24. The summed E-state index contributed by atoms with van der Waals surface area (Å²) in [4.78, 5) is 4.81. The summed E-state index contributed by atoms with van der Waals surface area (Å²) >= 11 is 6.07. The van der Waals surface area contributed by atoms with Gasteiger partial charge in [0, 0.05) is 11.6 Å². The molecule has 0 saturated heterocycles. The number of aromatic nitrogens is 2. The maximum absolute atomic E-state index is 13.1. The number of aryl methyl sites for hydroxylation is 2. The van der Waals surface area contributed by atoms with Crippen LogP contribution in [0.5, 0.6) is 0 Å². The van der Waals surface area contributed by atoms with Crippen molar-refractivity contribution in [1.29, 1.82) is 0 Å². The van der Waals surface area contributed by atoms with Crippen molar-refractivity contribution in [1.82, 2.24) is 9.55 Å². The Morgan fingerprint density at radius 1 is 1.21 bits per heavy atom. The van der Waals surface area contributed by atoms with Gasteiger partial charge >= 0.3 is 7.60 Å². The number of imidazole rings is 1. The molecule has 28 heavy (non-hydrogen) atoms. The van der Waals surface area contributed by atoms with Gasteiger partial charge in [0.1, 0.15) is 12.0 Å². The van der Waals surface area contributed by atoms with Crippen LogP contribution in [0.3, 0.4) is 0 Å². The van der Waals surface area contributed by atoms with Gasteiger partial charge in [0.15, 0.2) is 0 Å². The summed E-state index contributed by atoms with van der Waals surface area (Å²) < 4.78 is 26.3. The number of nitrogens with zero attached hydrogens (tertiary/aromatic N) is 2. The standard InChI is InChI=1S/C21H28ClN2O3P/c1-5-26-28(25,27-6-2)14-21-23-19-11-15(3)16(4)12-20(19)24(21)13-17-7-9-18(22)10-8-17/h7,9-12,17H,5-6,8,13-14H2,1-4H3. The second-order valence-corrected chi connectivity index (χ2v) is 9.60. The van der Waals surface area contributed by atoms with Gasteiger partial charge in [-0.15, -0.1) is 0 Å². The SMILES string of the molecule is CCOP(=O)(Cc1nc2cc(C)c(C)cc2n1CC1C=CC(Cl)=CC1)OCC. The second-order valence-electron chi connectivity index (χ2n) is 7.11. The third-order valence-electron chi connectivity index (χ3n) is 4.99. The normalized spacial score (nSPS) is 17.3. The van der Waals surface area contributed by atoms with Crippen molar-refractivity contribution in [3.63, 3.8) is 0 Å². The minimum Gasteiger partial charge on any atom is -0.327 e. The van der Waals surface area contributed by atoms with Crippen molar-refractivity contribution in [2.75, 3.05) is 13.2 Å². The zero-order valence-corrected chi connectivity index (χ0v) is 18.6. The van der Waals surface area contributed by atoms with Gasteiger partial charge in [-0.25, -0.2) is 4.98 Å². The number of halogens is 1. The van der Waals surface area contributed by atoms with E-state index < -0.39 is 7.60 Å². The Morgan fingerprint density at radius 3 is 2.50 bits per heavy atom. The van der Waals surface area contributed by atoms with E-state index in [1.807, 2.05) is 26.0 Å². The molecule has 0 fully saturated rings. The Bertz CT molecular complexity index is 954. The number of fused-ring (bicyclic) bond motifs is 1. The molecule has 0 bridgehead atoms. The lowest BCUT2D eigenvalue weighted by Gasteiger charge is -2.20. The highest BCUT2D eigenvalue weighted by molar-refractivity contribution is 7.53. The predicted molar refractivity (Wildman–Crippen MR) is 115 cm³/mol. The minimum atomic E-state index is -3.24. The lowest BCUT2D eigenvalue weighted by Crippen LogP contribution is -2.13. The first-order chi connectivity index (χ1) is 13.3. The molecule has 1 unspecified atom stereocenters. The van der Waals surface area contributed by atoms with E-state index in [0.29, 0.717) is 19.1 Å². The van der Waals surface area contributed by atoms with E-state index in [-0.39, 0.29) is 6.16 Å². The van der Waals surface area contributed by atoms with Crippen molar-refractivity contribution in [3.05, 3.63) is 52.3 Å². The molecule has 1 atom stereocenters. The van der Waals surface area contributed by atoms with E-state index in [2.05, 4.69) is 36.6 Å². The van der Waals surface area contributed by atoms with Crippen LogP contribution in [0, 0.1) is 19.8 Å². The molecule has 0 N–H and O–H groups in total. The topological polar surface area (TPSA) is 53.3 Å². The number of rotatable bonds is 8. The molecule has 5 nitrogen and oxygen atoms in total. The van der Waals surface area contributed by atoms with Crippen molar-refractivity contribution in [3.8, 4) is 0 Å². The van der Waals surface area contributed by atoms with Gasteiger partial charge in [-0.2, -0.15) is 0 Å². The first-order valence-corrected chi connectivity index (χ1v) is 11.8. The molecule has 0 aliphatic heterocycles. The summed E-state index contributed by atoms with van der Waals surface area (Å²) in [5.74, 6) is 1.04. The van der Waals surface area contributed by atoms with Gasteiger partial charge < -0.3 is 13.6 Å². The predicted octanol–water partition coefficient (Wildman–Crippen LogP) is 6.12. The molecule has 2 aromatic rings. The molecule has 1 aliphatic rings. The number of benzene rings is 1. The van der Waals surface area contributed by atoms with Crippen LogP contribution in [0.4, 0.5) is 0 Å². The van der Waals surface area contributed by atoms with E-state index in [1.54, 1.807) is 0 Å². The molecule has 1 heterocycles. The van der Waals surface area contributed by atoms with Crippen LogP contribution in [0.1, 0.15) is 37.2 Å². The van der Waals surface area contributed by atoms with Crippen molar-refractivity contribution >= 4 is 30.2 Å². The van der Waals surface area contributed by atoms with Gasteiger partial charge in [-0.1, -0.05) is 23.8 Å². The summed E-state index contributed by atoms with van der Waals surface area (Å²) in [6.07, 6.45) is 7.13. The van der Waals surface area contributed by atoms with Crippen molar-refractivity contribution in [2.45, 2.75) is 46.8 Å². The molecule has 7 heteroatoms. The first kappa shape index (κ1) is 21.3. The van der Waals surface area contributed by atoms with E-state index in [0.717, 1.165) is 34.9 Å². The average molecular weight is 423 g/mol. The van der Waals surface area contributed by atoms with Crippen LogP contribution in [0.25, 0.3) is 11.0 Å². The van der Waals surface area contributed by atoms with E-state index >= 15 is 0 Å². The fraction of sp³-hybridized carbons (Fsp3) is 0.476. The molecule has 152 valence electrons. The van der Waals surface area contributed by atoms with Gasteiger partial charge in [-0.3, -0.25) is 4.57 Å². The lowest BCUT2D eigenvalue weighted by atomic mass is 10.0. The highest BCUT2D eigenvalue weighted by atomic mass is 35.5. The highest BCUT2D eigenvalue weighted by Gasteiger charge is 2.28. The maximum atomic E-state index is 13.1. The molecular formula is C21H28ClN2O3P. The van der Waals surface area contributed by atoms with E-state index in [1.165, 1.54) is 11.1 Å². The highest BCUT2D eigenvalue weighted by Crippen LogP contribution is 2.51. The third kappa shape index (κ3) is 4.77. The number of hydrogen-bond donors (Lipinski definition) is 0. The fourth-order valence-corrected chi connectivity index (χ4v) is 5.25. The first-order valence-electron chi connectivity index (χ1n) is 9.73. The largest absolute Gasteiger partial charge is 0.338 e. The Labute approximate surface area is 171 Å². The minimum absolute atomic E-state index is 0.161. The summed E-state index contributed by atoms with van der Waals surface area (Å²) in [5.41, 5.74) is 4.35. The van der Waals surface area contributed by atoms with E-state index in [9.17, 15) is 4.57 Å². The third-order valence-corrected chi connectivity index (χ3v) is 7.24. The van der Waals surface area contributed by atoms with Crippen LogP contribution in [-0.4, -0.2) is 22.8 Å². The summed E-state index contributed by atoms with van der Waals surface area (Å²) in [6, 6.07) is 4.24. The lowest BCUT2D eigenvalue weighted by molar-refractivity contribution is 0.218. The van der Waals surface area contributed by atoms with Crippen LogP contribution in [0.15, 0.2) is 35.4 Å². The fourth-order valence-electron chi connectivity index (χ4n) is 3.46. The summed E-state index contributed by atoms with van der Waals surface area (Å²) in [5, 5.41) is 0.774. The van der Waals surface area contributed by atoms with Gasteiger partial charge in [0.2, 0.25) is 0 Å². The zero-order chi connectivity index (χ0) is 20.3. The molecule has 1 aromatic heterocycles. The molecule has 0 saturated carbocycles. The monoisotopic (exact) mass is 422 g/mol. The van der Waals surface area contributed by atoms with Crippen LogP contribution in [0.2, 0.25) is 0 Å². The molecule has 3 rings (SSSR count). The molecule has 1 aromatic carbocycles. The van der Waals surface area contributed by atoms with E-state index in [4.69, 9.17) is 25.6 Å². The smallest absolute Gasteiger partial charge is 0.327 e. The Morgan fingerprint density at radius 2 is 1.89 bits per heavy atom. The molecular weight excluding hydrogens is 395 g/mol. The Kier molecular flexibility index (Phi) is 6.82. The number of hydrogen-bond acceptors (Lipinski definition) is 4. The van der Waals surface area contributed by atoms with Crippen LogP contribution in [-0.2, 0) is 26.3 Å².